The summed E-state index contributed by atoms with van der Waals surface area (Å²) in [6, 6.07) is 3.30. The van der Waals surface area contributed by atoms with Crippen LogP contribution >= 0.6 is 11.6 Å². The number of aryl methyl sites for hydroxylation is 1. The zero-order valence-corrected chi connectivity index (χ0v) is 8.93. The average molecular weight is 209 g/mol. The van der Waals surface area contributed by atoms with Gasteiger partial charge in [0.15, 0.2) is 0 Å². The van der Waals surface area contributed by atoms with Gasteiger partial charge in [0.2, 0.25) is 0 Å². The van der Waals surface area contributed by atoms with Gasteiger partial charge in [-0.15, -0.1) is 6.42 Å². The van der Waals surface area contributed by atoms with Crippen LogP contribution in [0.2, 0.25) is 5.02 Å². The topological polar surface area (TPSA) is 20.2 Å². The van der Waals surface area contributed by atoms with Gasteiger partial charge in [0.05, 0.1) is 5.56 Å². The molecule has 0 fully saturated rings. The average Bonchev–Trinajstić information content (AvgIpc) is 2.14. The van der Waals surface area contributed by atoms with Crippen molar-refractivity contribution in [3.05, 3.63) is 28.3 Å². The molecule has 0 saturated heterocycles. The van der Waals surface area contributed by atoms with Crippen molar-refractivity contribution in [2.45, 2.75) is 26.2 Å². The predicted molar refractivity (Wildman–Crippen MR) is 59.7 cm³/mol. The second kappa shape index (κ2) is 4.93. The zero-order chi connectivity index (χ0) is 10.6. The fourth-order valence-corrected chi connectivity index (χ4v) is 1.61. The molecule has 0 unspecified atom stereocenters. The third kappa shape index (κ3) is 2.43. The van der Waals surface area contributed by atoms with Crippen LogP contribution in [0.25, 0.3) is 0 Å². The Kier molecular flexibility index (Phi) is 3.85. The molecule has 74 valence electrons. The fourth-order valence-electron chi connectivity index (χ4n) is 1.38. The summed E-state index contributed by atoms with van der Waals surface area (Å²) in [6.45, 7) is 2.11. The Morgan fingerprint density at radius 3 is 2.79 bits per heavy atom. The number of terminal acetylenes is 1. The Labute approximate surface area is 89.7 Å². The quantitative estimate of drug-likeness (QED) is 0.756. The summed E-state index contributed by atoms with van der Waals surface area (Å²) in [4.78, 5) is 0. The van der Waals surface area contributed by atoms with Crippen molar-refractivity contribution in [2.75, 3.05) is 0 Å². The highest BCUT2D eigenvalue weighted by molar-refractivity contribution is 6.30. The van der Waals surface area contributed by atoms with Gasteiger partial charge in [-0.05, 0) is 30.5 Å². The van der Waals surface area contributed by atoms with E-state index in [4.69, 9.17) is 18.0 Å². The Bertz CT molecular complexity index is 363. The molecule has 0 spiro atoms. The standard InChI is InChI=1S/C12H13ClO/c1-3-5-6-9-7-10(13)8-12(14)11(9)4-2/h2,7-8,14H,3,5-6H2,1H3. The van der Waals surface area contributed by atoms with E-state index >= 15 is 0 Å². The van der Waals surface area contributed by atoms with E-state index in [2.05, 4.69) is 12.8 Å². The predicted octanol–water partition coefficient (Wildman–Crippen LogP) is 3.37. The number of unbranched alkanes of at least 4 members (excludes halogenated alkanes) is 1. The highest BCUT2D eigenvalue weighted by atomic mass is 35.5. The molecular weight excluding hydrogens is 196 g/mol. The summed E-state index contributed by atoms with van der Waals surface area (Å²) in [7, 11) is 0. The molecule has 14 heavy (non-hydrogen) atoms. The molecule has 1 nitrogen and oxygen atoms in total. The van der Waals surface area contributed by atoms with Crippen LogP contribution in [0.15, 0.2) is 12.1 Å². The summed E-state index contributed by atoms with van der Waals surface area (Å²) in [5.41, 5.74) is 1.53. The summed E-state index contributed by atoms with van der Waals surface area (Å²) in [5, 5.41) is 10.1. The highest BCUT2D eigenvalue weighted by Gasteiger charge is 2.06. The van der Waals surface area contributed by atoms with Crippen LogP contribution < -0.4 is 0 Å². The van der Waals surface area contributed by atoms with Gasteiger partial charge in [-0.3, -0.25) is 0 Å². The molecule has 0 heterocycles. The first-order chi connectivity index (χ1) is 6.69. The molecule has 1 aromatic rings. The van der Waals surface area contributed by atoms with Crippen LogP contribution in [0.4, 0.5) is 0 Å². The van der Waals surface area contributed by atoms with Gasteiger partial charge in [0.25, 0.3) is 0 Å². The van der Waals surface area contributed by atoms with Crippen LogP contribution in [0, 0.1) is 12.3 Å². The first-order valence-electron chi connectivity index (χ1n) is 4.67. The maximum atomic E-state index is 9.54. The first kappa shape index (κ1) is 10.9. The van der Waals surface area contributed by atoms with Crippen molar-refractivity contribution in [3.63, 3.8) is 0 Å². The van der Waals surface area contributed by atoms with E-state index in [1.54, 1.807) is 0 Å². The minimum Gasteiger partial charge on any atom is -0.507 e. The minimum atomic E-state index is 0.103. The monoisotopic (exact) mass is 208 g/mol. The molecular formula is C12H13ClO. The van der Waals surface area contributed by atoms with Crippen molar-refractivity contribution in [1.29, 1.82) is 0 Å². The Morgan fingerprint density at radius 1 is 1.50 bits per heavy atom. The van der Waals surface area contributed by atoms with E-state index in [0.717, 1.165) is 24.8 Å². The molecule has 0 radical (unpaired) electrons. The lowest BCUT2D eigenvalue weighted by Crippen LogP contribution is -1.91. The Hall–Kier alpha value is -1.13. The van der Waals surface area contributed by atoms with E-state index in [9.17, 15) is 5.11 Å². The van der Waals surface area contributed by atoms with Gasteiger partial charge in [-0.1, -0.05) is 30.9 Å². The number of hydrogen-bond acceptors (Lipinski definition) is 1. The Balaban J connectivity index is 3.07. The lowest BCUT2D eigenvalue weighted by Gasteiger charge is -2.06. The molecule has 0 aromatic heterocycles. The molecule has 1 aromatic carbocycles. The third-order valence-corrected chi connectivity index (χ3v) is 2.33. The van der Waals surface area contributed by atoms with Gasteiger partial charge < -0.3 is 5.11 Å². The summed E-state index contributed by atoms with van der Waals surface area (Å²) in [5.74, 6) is 2.59. The van der Waals surface area contributed by atoms with Gasteiger partial charge in [0.1, 0.15) is 5.75 Å². The number of rotatable bonds is 3. The van der Waals surface area contributed by atoms with Crippen molar-refractivity contribution >= 4 is 11.6 Å². The van der Waals surface area contributed by atoms with Gasteiger partial charge in [-0.25, -0.2) is 0 Å². The molecule has 0 saturated carbocycles. The van der Waals surface area contributed by atoms with Crippen LogP contribution in [0.1, 0.15) is 30.9 Å². The maximum Gasteiger partial charge on any atom is 0.132 e. The summed E-state index contributed by atoms with van der Waals surface area (Å²) in [6.07, 6.45) is 8.33. The normalized spacial score (nSPS) is 9.79. The number of aromatic hydroxyl groups is 1. The van der Waals surface area contributed by atoms with E-state index < -0.39 is 0 Å². The van der Waals surface area contributed by atoms with Gasteiger partial charge in [-0.2, -0.15) is 0 Å². The number of halogens is 1. The van der Waals surface area contributed by atoms with Crippen molar-refractivity contribution in [3.8, 4) is 18.1 Å². The van der Waals surface area contributed by atoms with E-state index in [0.29, 0.717) is 10.6 Å². The van der Waals surface area contributed by atoms with Gasteiger partial charge in [0, 0.05) is 5.02 Å². The van der Waals surface area contributed by atoms with Crippen molar-refractivity contribution in [1.82, 2.24) is 0 Å². The molecule has 0 atom stereocenters. The first-order valence-corrected chi connectivity index (χ1v) is 5.04. The van der Waals surface area contributed by atoms with Crippen LogP contribution in [0.3, 0.4) is 0 Å². The van der Waals surface area contributed by atoms with Crippen LogP contribution in [-0.2, 0) is 6.42 Å². The van der Waals surface area contributed by atoms with Crippen LogP contribution in [0.5, 0.6) is 5.75 Å². The molecule has 0 aliphatic rings. The highest BCUT2D eigenvalue weighted by Crippen LogP contribution is 2.26. The lowest BCUT2D eigenvalue weighted by atomic mass is 10.0. The molecule has 0 aliphatic carbocycles. The second-order valence-electron chi connectivity index (χ2n) is 3.21. The largest absolute Gasteiger partial charge is 0.507 e. The summed E-state index contributed by atoms with van der Waals surface area (Å²) < 4.78 is 0. The smallest absolute Gasteiger partial charge is 0.132 e. The number of benzene rings is 1. The second-order valence-corrected chi connectivity index (χ2v) is 3.64. The van der Waals surface area contributed by atoms with E-state index in [1.807, 2.05) is 6.07 Å². The summed E-state index contributed by atoms with van der Waals surface area (Å²) >= 11 is 5.83. The number of phenolic OH excluding ortho intramolecular Hbond substituents is 1. The fraction of sp³-hybridized carbons (Fsp3) is 0.333. The molecule has 1 rings (SSSR count). The molecule has 2 heteroatoms. The number of hydrogen-bond donors (Lipinski definition) is 1. The SMILES string of the molecule is C#Cc1c(O)cc(Cl)cc1CCCC. The maximum absolute atomic E-state index is 9.54. The van der Waals surface area contributed by atoms with Gasteiger partial charge >= 0.3 is 0 Å². The van der Waals surface area contributed by atoms with E-state index in [-0.39, 0.29) is 5.75 Å². The third-order valence-electron chi connectivity index (χ3n) is 2.11. The zero-order valence-electron chi connectivity index (χ0n) is 8.18. The molecule has 0 bridgehead atoms. The molecule has 0 amide bonds. The van der Waals surface area contributed by atoms with Crippen molar-refractivity contribution < 1.29 is 5.11 Å². The molecule has 1 N–H and O–H groups in total. The van der Waals surface area contributed by atoms with Crippen LogP contribution in [-0.4, -0.2) is 5.11 Å². The minimum absolute atomic E-state index is 0.103. The molecule has 0 aliphatic heterocycles. The lowest BCUT2D eigenvalue weighted by molar-refractivity contribution is 0.472. The van der Waals surface area contributed by atoms with E-state index in [1.165, 1.54) is 6.07 Å². The Morgan fingerprint density at radius 2 is 2.21 bits per heavy atom. The van der Waals surface area contributed by atoms with Crippen molar-refractivity contribution in [2.24, 2.45) is 0 Å². The number of phenols is 1.